The fourth-order valence-electron chi connectivity index (χ4n) is 0.585. The van der Waals surface area contributed by atoms with E-state index in [4.69, 9.17) is 11.6 Å². The summed E-state index contributed by atoms with van der Waals surface area (Å²) in [4.78, 5) is 3.55. The van der Waals surface area contributed by atoms with E-state index in [0.717, 1.165) is 3.57 Å². The van der Waals surface area contributed by atoms with E-state index in [1.165, 1.54) is 6.07 Å². The van der Waals surface area contributed by atoms with Gasteiger partial charge in [0.15, 0.2) is 0 Å². The quantitative estimate of drug-likeness (QED) is 0.435. The molecule has 0 saturated heterocycles. The molecule has 0 saturated carbocycles. The molecule has 54 valence electrons. The molecule has 4 heteroatoms. The molecule has 0 spiro atoms. The Labute approximate surface area is 76.7 Å². The molecule has 1 heterocycles. The van der Waals surface area contributed by atoms with Crippen molar-refractivity contribution in [3.63, 3.8) is 0 Å². The van der Waals surface area contributed by atoms with Crippen LogP contribution >= 0.6 is 34.2 Å². The molecule has 0 unspecified atom stereocenters. The molecule has 0 amide bonds. The second-order valence-electron chi connectivity index (χ2n) is 1.73. The summed E-state index contributed by atoms with van der Waals surface area (Å²) in [5.74, 6) is -0.212. The van der Waals surface area contributed by atoms with Crippen molar-refractivity contribution < 1.29 is 4.39 Å². The van der Waals surface area contributed by atoms with E-state index in [9.17, 15) is 4.39 Å². The standard InChI is InChI=1S/C6H4ClFIN/c7-3-5-1-4(9)2-6(8)10-5/h1-2H,3H2. The van der Waals surface area contributed by atoms with Gasteiger partial charge in [-0.25, -0.2) is 4.98 Å². The maximum atomic E-state index is 12.4. The van der Waals surface area contributed by atoms with Gasteiger partial charge < -0.3 is 0 Å². The van der Waals surface area contributed by atoms with Gasteiger partial charge in [0.25, 0.3) is 0 Å². The van der Waals surface area contributed by atoms with Crippen LogP contribution in [0.1, 0.15) is 5.69 Å². The molecule has 1 nitrogen and oxygen atoms in total. The Hall–Kier alpha value is 0.1000. The van der Waals surface area contributed by atoms with Crippen LogP contribution in [0, 0.1) is 9.52 Å². The summed E-state index contributed by atoms with van der Waals surface area (Å²) in [5.41, 5.74) is 0.575. The van der Waals surface area contributed by atoms with E-state index in [0.29, 0.717) is 5.69 Å². The number of alkyl halides is 1. The van der Waals surface area contributed by atoms with Crippen LogP contribution in [-0.4, -0.2) is 4.98 Å². The van der Waals surface area contributed by atoms with Gasteiger partial charge >= 0.3 is 0 Å². The number of pyridine rings is 1. The summed E-state index contributed by atoms with van der Waals surface area (Å²) in [7, 11) is 0. The third kappa shape index (κ3) is 2.05. The highest BCUT2D eigenvalue weighted by atomic mass is 127. The van der Waals surface area contributed by atoms with Gasteiger partial charge in [0.05, 0.1) is 11.6 Å². The predicted molar refractivity (Wildman–Crippen MR) is 46.5 cm³/mol. The molecule has 0 atom stereocenters. The largest absolute Gasteiger partial charge is 0.223 e. The van der Waals surface area contributed by atoms with E-state index >= 15 is 0 Å². The molecule has 0 aliphatic heterocycles. The summed E-state index contributed by atoms with van der Waals surface area (Å²) < 4.78 is 13.3. The maximum absolute atomic E-state index is 12.4. The van der Waals surface area contributed by atoms with Gasteiger partial charge in [0, 0.05) is 9.64 Å². The van der Waals surface area contributed by atoms with Crippen LogP contribution in [0.2, 0.25) is 0 Å². The molecule has 0 bridgehead atoms. The number of nitrogens with zero attached hydrogens (tertiary/aromatic N) is 1. The number of rotatable bonds is 1. The number of hydrogen-bond donors (Lipinski definition) is 0. The normalized spacial score (nSPS) is 9.90. The molecule has 0 fully saturated rings. The molecule has 0 aromatic carbocycles. The van der Waals surface area contributed by atoms with Gasteiger partial charge in [-0.15, -0.1) is 11.6 Å². The zero-order chi connectivity index (χ0) is 7.56. The Morgan fingerprint density at radius 2 is 2.30 bits per heavy atom. The highest BCUT2D eigenvalue weighted by molar-refractivity contribution is 14.1. The third-order valence-electron chi connectivity index (χ3n) is 0.949. The van der Waals surface area contributed by atoms with Crippen LogP contribution in [-0.2, 0) is 5.88 Å². The second-order valence-corrected chi connectivity index (χ2v) is 3.25. The highest BCUT2D eigenvalue weighted by Gasteiger charge is 1.97. The first-order chi connectivity index (χ1) is 4.72. The second kappa shape index (κ2) is 3.48. The van der Waals surface area contributed by atoms with E-state index in [-0.39, 0.29) is 5.88 Å². The van der Waals surface area contributed by atoms with E-state index in [1.54, 1.807) is 6.07 Å². The first-order valence-electron chi connectivity index (χ1n) is 2.60. The first-order valence-corrected chi connectivity index (χ1v) is 4.21. The van der Waals surface area contributed by atoms with Crippen LogP contribution in [0.4, 0.5) is 4.39 Å². The molecule has 0 radical (unpaired) electrons. The van der Waals surface area contributed by atoms with Crippen molar-refractivity contribution in [2.75, 3.05) is 0 Å². The van der Waals surface area contributed by atoms with Crippen LogP contribution in [0.15, 0.2) is 12.1 Å². The lowest BCUT2D eigenvalue weighted by Crippen LogP contribution is -1.90. The van der Waals surface area contributed by atoms with Crippen molar-refractivity contribution in [2.45, 2.75) is 5.88 Å². The first kappa shape index (κ1) is 8.20. The molecule has 0 aliphatic rings. The summed E-state index contributed by atoms with van der Waals surface area (Å²) in [6, 6.07) is 3.10. The summed E-state index contributed by atoms with van der Waals surface area (Å²) in [6.45, 7) is 0. The average molecular weight is 271 g/mol. The summed E-state index contributed by atoms with van der Waals surface area (Å²) >= 11 is 7.45. The fraction of sp³-hybridized carbons (Fsp3) is 0.167. The molecule has 0 N–H and O–H groups in total. The topological polar surface area (TPSA) is 12.9 Å². The molecular formula is C6H4ClFIN. The van der Waals surface area contributed by atoms with Gasteiger partial charge in [-0.3, -0.25) is 0 Å². The summed E-state index contributed by atoms with van der Waals surface area (Å²) in [6.07, 6.45) is 0. The van der Waals surface area contributed by atoms with Crippen molar-refractivity contribution >= 4 is 34.2 Å². The van der Waals surface area contributed by atoms with Crippen molar-refractivity contribution in [1.29, 1.82) is 0 Å². The monoisotopic (exact) mass is 271 g/mol. The van der Waals surface area contributed by atoms with Crippen molar-refractivity contribution in [3.05, 3.63) is 27.3 Å². The SMILES string of the molecule is Fc1cc(I)cc(CCl)n1. The Morgan fingerprint density at radius 3 is 2.80 bits per heavy atom. The predicted octanol–water partition coefficient (Wildman–Crippen LogP) is 2.56. The fourth-order valence-corrected chi connectivity index (χ4v) is 1.34. The molecule has 1 aromatic rings. The van der Waals surface area contributed by atoms with Crippen LogP contribution in [0.25, 0.3) is 0 Å². The lowest BCUT2D eigenvalue weighted by Gasteiger charge is -1.94. The zero-order valence-electron chi connectivity index (χ0n) is 4.94. The summed E-state index contributed by atoms with van der Waals surface area (Å²) in [5, 5.41) is 0. The Kier molecular flexibility index (Phi) is 2.85. The Bertz CT molecular complexity index is 221. The minimum absolute atomic E-state index is 0.258. The molecule has 10 heavy (non-hydrogen) atoms. The minimum Gasteiger partial charge on any atom is -0.223 e. The number of aromatic nitrogens is 1. The molecule has 1 rings (SSSR count). The Morgan fingerprint density at radius 1 is 1.60 bits per heavy atom. The number of halogens is 3. The van der Waals surface area contributed by atoms with Crippen molar-refractivity contribution in [2.24, 2.45) is 0 Å². The number of hydrogen-bond acceptors (Lipinski definition) is 1. The third-order valence-corrected chi connectivity index (χ3v) is 1.85. The minimum atomic E-state index is -0.470. The van der Waals surface area contributed by atoms with Crippen molar-refractivity contribution in [1.82, 2.24) is 4.98 Å². The van der Waals surface area contributed by atoms with E-state index in [1.807, 2.05) is 22.6 Å². The smallest absolute Gasteiger partial charge is 0.214 e. The lowest BCUT2D eigenvalue weighted by molar-refractivity contribution is 0.578. The van der Waals surface area contributed by atoms with Crippen molar-refractivity contribution in [3.8, 4) is 0 Å². The Balaban J connectivity index is 3.06. The molecular weight excluding hydrogens is 267 g/mol. The lowest BCUT2D eigenvalue weighted by atomic mass is 10.4. The van der Waals surface area contributed by atoms with E-state index in [2.05, 4.69) is 4.98 Å². The molecule has 1 aromatic heterocycles. The van der Waals surface area contributed by atoms with Gasteiger partial charge in [-0.2, -0.15) is 4.39 Å². The van der Waals surface area contributed by atoms with Gasteiger partial charge in [0.1, 0.15) is 0 Å². The van der Waals surface area contributed by atoms with Crippen LogP contribution in [0.5, 0.6) is 0 Å². The maximum Gasteiger partial charge on any atom is 0.214 e. The van der Waals surface area contributed by atoms with E-state index < -0.39 is 5.95 Å². The van der Waals surface area contributed by atoms with Crippen LogP contribution < -0.4 is 0 Å². The van der Waals surface area contributed by atoms with Gasteiger partial charge in [-0.05, 0) is 28.7 Å². The average Bonchev–Trinajstić information content (AvgIpc) is 1.85. The highest BCUT2D eigenvalue weighted by Crippen LogP contribution is 2.09. The van der Waals surface area contributed by atoms with Gasteiger partial charge in [-0.1, -0.05) is 0 Å². The van der Waals surface area contributed by atoms with Crippen LogP contribution in [0.3, 0.4) is 0 Å². The zero-order valence-corrected chi connectivity index (χ0v) is 7.86. The molecule has 0 aliphatic carbocycles. The van der Waals surface area contributed by atoms with Gasteiger partial charge in [0.2, 0.25) is 5.95 Å².